The molecule has 3 heteroatoms. The van der Waals surface area contributed by atoms with Crippen molar-refractivity contribution in [3.63, 3.8) is 0 Å². The summed E-state index contributed by atoms with van der Waals surface area (Å²) in [5.74, 6) is 0.783. The van der Waals surface area contributed by atoms with Gasteiger partial charge < -0.3 is 15.2 Å². The first-order valence-electron chi connectivity index (χ1n) is 6.22. The highest BCUT2D eigenvalue weighted by Gasteiger charge is 2.14. The average Bonchev–Trinajstić information content (AvgIpc) is 2.29. The molecule has 3 nitrogen and oxygen atoms in total. The highest BCUT2D eigenvalue weighted by molar-refractivity contribution is 4.67. The summed E-state index contributed by atoms with van der Waals surface area (Å²) in [6.07, 6.45) is 7.61. The molecule has 15 heavy (non-hydrogen) atoms. The molecule has 0 heterocycles. The lowest BCUT2D eigenvalue weighted by atomic mass is 9.90. The highest BCUT2D eigenvalue weighted by atomic mass is 16.5. The molecule has 0 spiro atoms. The van der Waals surface area contributed by atoms with Crippen molar-refractivity contribution in [1.29, 1.82) is 0 Å². The summed E-state index contributed by atoms with van der Waals surface area (Å²) in [6.45, 7) is 1.87. The Balaban J connectivity index is 2.03. The van der Waals surface area contributed by atoms with Crippen molar-refractivity contribution in [2.45, 2.75) is 44.6 Å². The van der Waals surface area contributed by atoms with Gasteiger partial charge in [0, 0.05) is 19.3 Å². The molecule has 0 aliphatic heterocycles. The van der Waals surface area contributed by atoms with E-state index < -0.39 is 0 Å². The van der Waals surface area contributed by atoms with Gasteiger partial charge in [0.1, 0.15) is 0 Å². The summed E-state index contributed by atoms with van der Waals surface area (Å²) in [5, 5.41) is 12.0. The van der Waals surface area contributed by atoms with Crippen molar-refractivity contribution in [2.24, 2.45) is 5.92 Å². The second kappa shape index (κ2) is 8.08. The first-order valence-corrected chi connectivity index (χ1v) is 6.22. The lowest BCUT2D eigenvalue weighted by Crippen LogP contribution is -2.32. The summed E-state index contributed by atoms with van der Waals surface area (Å²) < 4.78 is 5.71. The Hall–Kier alpha value is -0.120. The van der Waals surface area contributed by atoms with Crippen molar-refractivity contribution in [3.05, 3.63) is 0 Å². The second-order valence-corrected chi connectivity index (χ2v) is 4.54. The third kappa shape index (κ3) is 5.50. The maximum atomic E-state index is 8.82. The number of rotatable bonds is 7. The van der Waals surface area contributed by atoms with E-state index >= 15 is 0 Å². The zero-order valence-corrected chi connectivity index (χ0v) is 9.87. The molecule has 0 aromatic rings. The van der Waals surface area contributed by atoms with Gasteiger partial charge in [-0.1, -0.05) is 19.3 Å². The molecule has 0 saturated heterocycles. The molecule has 1 saturated carbocycles. The van der Waals surface area contributed by atoms with Crippen LogP contribution in [0.15, 0.2) is 0 Å². The van der Waals surface area contributed by atoms with Crippen LogP contribution in [-0.2, 0) is 4.74 Å². The van der Waals surface area contributed by atoms with Crippen molar-refractivity contribution in [2.75, 3.05) is 26.9 Å². The molecule has 1 aliphatic rings. The van der Waals surface area contributed by atoms with Gasteiger partial charge >= 0.3 is 0 Å². The van der Waals surface area contributed by atoms with Crippen molar-refractivity contribution >= 4 is 0 Å². The Labute approximate surface area is 93.2 Å². The van der Waals surface area contributed by atoms with E-state index in [1.807, 2.05) is 7.05 Å². The number of aliphatic hydroxyl groups is 1. The SMILES string of the molecule is CNC(CCO)COCC1CCCCC1. The molecule has 2 N–H and O–H groups in total. The molecule has 1 rings (SSSR count). The summed E-state index contributed by atoms with van der Waals surface area (Å²) in [7, 11) is 1.92. The van der Waals surface area contributed by atoms with Crippen LogP contribution in [0.25, 0.3) is 0 Å². The van der Waals surface area contributed by atoms with E-state index in [2.05, 4.69) is 5.32 Å². The first-order chi connectivity index (χ1) is 7.36. The number of aliphatic hydroxyl groups excluding tert-OH is 1. The Morgan fingerprint density at radius 3 is 2.67 bits per heavy atom. The van der Waals surface area contributed by atoms with Crippen LogP contribution in [0, 0.1) is 5.92 Å². The molecule has 1 aliphatic carbocycles. The van der Waals surface area contributed by atoms with E-state index in [-0.39, 0.29) is 6.61 Å². The summed E-state index contributed by atoms with van der Waals surface area (Å²) in [4.78, 5) is 0. The Kier molecular flexibility index (Phi) is 6.98. The average molecular weight is 215 g/mol. The molecule has 1 unspecified atom stereocenters. The number of nitrogens with one attached hydrogen (secondary N) is 1. The smallest absolute Gasteiger partial charge is 0.0620 e. The first kappa shape index (κ1) is 12.9. The van der Waals surface area contributed by atoms with Crippen LogP contribution in [0.2, 0.25) is 0 Å². The third-order valence-electron chi connectivity index (χ3n) is 3.28. The zero-order valence-electron chi connectivity index (χ0n) is 9.87. The van der Waals surface area contributed by atoms with Gasteiger partial charge in [-0.25, -0.2) is 0 Å². The lowest BCUT2D eigenvalue weighted by molar-refractivity contribution is 0.0655. The fraction of sp³-hybridized carbons (Fsp3) is 1.00. The topological polar surface area (TPSA) is 41.5 Å². The molecule has 0 radical (unpaired) electrons. The van der Waals surface area contributed by atoms with Gasteiger partial charge in [-0.15, -0.1) is 0 Å². The standard InChI is InChI=1S/C12H25NO2/c1-13-12(7-8-14)10-15-9-11-5-3-2-4-6-11/h11-14H,2-10H2,1H3. The summed E-state index contributed by atoms with van der Waals surface area (Å²) in [6, 6.07) is 0.304. The number of ether oxygens (including phenoxy) is 1. The molecule has 1 atom stereocenters. The zero-order chi connectivity index (χ0) is 10.9. The monoisotopic (exact) mass is 215 g/mol. The second-order valence-electron chi connectivity index (χ2n) is 4.54. The predicted octanol–water partition coefficient (Wildman–Crippen LogP) is 1.55. The van der Waals surface area contributed by atoms with Crippen LogP contribution in [-0.4, -0.2) is 38.0 Å². The van der Waals surface area contributed by atoms with Gasteiger partial charge in [-0.2, -0.15) is 0 Å². The Morgan fingerprint density at radius 1 is 1.33 bits per heavy atom. The van der Waals surface area contributed by atoms with Crippen LogP contribution in [0.3, 0.4) is 0 Å². The normalized spacial score (nSPS) is 20.4. The van der Waals surface area contributed by atoms with Gasteiger partial charge in [-0.05, 0) is 32.2 Å². The molecule has 1 fully saturated rings. The lowest BCUT2D eigenvalue weighted by Gasteiger charge is -2.22. The van der Waals surface area contributed by atoms with Gasteiger partial charge in [0.2, 0.25) is 0 Å². The molecular weight excluding hydrogens is 190 g/mol. The molecule has 0 aromatic carbocycles. The van der Waals surface area contributed by atoms with Crippen molar-refractivity contribution < 1.29 is 9.84 Å². The highest BCUT2D eigenvalue weighted by Crippen LogP contribution is 2.23. The van der Waals surface area contributed by atoms with Crippen LogP contribution in [0.1, 0.15) is 38.5 Å². The van der Waals surface area contributed by atoms with Gasteiger partial charge in [0.05, 0.1) is 6.61 Å². The number of hydrogen-bond donors (Lipinski definition) is 2. The van der Waals surface area contributed by atoms with E-state index in [9.17, 15) is 0 Å². The van der Waals surface area contributed by atoms with Crippen LogP contribution >= 0.6 is 0 Å². The largest absolute Gasteiger partial charge is 0.396 e. The molecule has 0 amide bonds. The predicted molar refractivity (Wildman–Crippen MR) is 61.9 cm³/mol. The van der Waals surface area contributed by atoms with Gasteiger partial charge in [-0.3, -0.25) is 0 Å². The van der Waals surface area contributed by atoms with Crippen molar-refractivity contribution in [1.82, 2.24) is 5.32 Å². The van der Waals surface area contributed by atoms with Gasteiger partial charge in [0.15, 0.2) is 0 Å². The minimum Gasteiger partial charge on any atom is -0.396 e. The Bertz CT molecular complexity index is 142. The van der Waals surface area contributed by atoms with E-state index in [4.69, 9.17) is 9.84 Å². The fourth-order valence-electron chi connectivity index (χ4n) is 2.20. The minimum atomic E-state index is 0.234. The van der Waals surface area contributed by atoms with Crippen LogP contribution in [0.4, 0.5) is 0 Å². The molecule has 0 aromatic heterocycles. The van der Waals surface area contributed by atoms with E-state index in [1.165, 1.54) is 32.1 Å². The van der Waals surface area contributed by atoms with Crippen molar-refractivity contribution in [3.8, 4) is 0 Å². The summed E-state index contributed by atoms with van der Waals surface area (Å²) >= 11 is 0. The third-order valence-corrected chi connectivity index (χ3v) is 3.28. The number of likely N-dealkylation sites (N-methyl/N-ethyl adjacent to an activating group) is 1. The fourth-order valence-corrected chi connectivity index (χ4v) is 2.20. The molecule has 90 valence electrons. The van der Waals surface area contributed by atoms with Crippen LogP contribution in [0.5, 0.6) is 0 Å². The van der Waals surface area contributed by atoms with E-state index in [1.54, 1.807) is 0 Å². The molecule has 0 bridgehead atoms. The van der Waals surface area contributed by atoms with E-state index in [0.29, 0.717) is 6.04 Å². The van der Waals surface area contributed by atoms with E-state index in [0.717, 1.165) is 25.6 Å². The minimum absolute atomic E-state index is 0.234. The Morgan fingerprint density at radius 2 is 2.07 bits per heavy atom. The van der Waals surface area contributed by atoms with Crippen LogP contribution < -0.4 is 5.32 Å². The quantitative estimate of drug-likeness (QED) is 0.677. The maximum absolute atomic E-state index is 8.82. The number of hydrogen-bond acceptors (Lipinski definition) is 3. The summed E-state index contributed by atoms with van der Waals surface area (Å²) in [5.41, 5.74) is 0. The van der Waals surface area contributed by atoms with Gasteiger partial charge in [0.25, 0.3) is 0 Å². The molecular formula is C12H25NO2. The maximum Gasteiger partial charge on any atom is 0.0620 e.